The summed E-state index contributed by atoms with van der Waals surface area (Å²) in [5.41, 5.74) is 2.25. The monoisotopic (exact) mass is 295 g/mol. The fourth-order valence-electron chi connectivity index (χ4n) is 2.21. The number of nitrogens with zero attached hydrogens (tertiary/aromatic N) is 1. The van der Waals surface area contributed by atoms with E-state index in [2.05, 4.69) is 36.3 Å². The highest BCUT2D eigenvalue weighted by atomic mass is 35.5. The summed E-state index contributed by atoms with van der Waals surface area (Å²) in [7, 11) is 0. The summed E-state index contributed by atoms with van der Waals surface area (Å²) >= 11 is 6.11. The van der Waals surface area contributed by atoms with Gasteiger partial charge < -0.3 is 15.5 Å². The molecule has 0 unspecified atom stereocenters. The number of rotatable bonds is 3. The van der Waals surface area contributed by atoms with Crippen LogP contribution in [0.25, 0.3) is 0 Å². The fourth-order valence-corrected chi connectivity index (χ4v) is 2.40. The summed E-state index contributed by atoms with van der Waals surface area (Å²) < 4.78 is 0. The van der Waals surface area contributed by atoms with Crippen LogP contribution in [0.15, 0.2) is 18.2 Å². The molecule has 20 heavy (non-hydrogen) atoms. The molecule has 2 N–H and O–H groups in total. The molecule has 1 fully saturated rings. The Balaban J connectivity index is 2.21. The number of hydrogen-bond acceptors (Lipinski definition) is 3. The SMILES string of the molecule is CC(C)(C)NCc1cc(Cl)ccc1N1CCNC(=O)C1. The zero-order chi connectivity index (χ0) is 14.8. The molecule has 0 spiro atoms. The zero-order valence-electron chi connectivity index (χ0n) is 12.3. The van der Waals surface area contributed by atoms with Crippen molar-refractivity contribution in [3.8, 4) is 0 Å². The highest BCUT2D eigenvalue weighted by Crippen LogP contribution is 2.25. The fraction of sp³-hybridized carbons (Fsp3) is 0.533. The van der Waals surface area contributed by atoms with Crippen LogP contribution < -0.4 is 15.5 Å². The third-order valence-corrected chi connectivity index (χ3v) is 3.46. The molecule has 0 aromatic heterocycles. The van der Waals surface area contributed by atoms with Crippen molar-refractivity contribution in [1.29, 1.82) is 0 Å². The van der Waals surface area contributed by atoms with E-state index in [0.29, 0.717) is 13.1 Å². The summed E-state index contributed by atoms with van der Waals surface area (Å²) in [6.07, 6.45) is 0. The van der Waals surface area contributed by atoms with Crippen LogP contribution in [-0.4, -0.2) is 31.1 Å². The van der Waals surface area contributed by atoms with Crippen molar-refractivity contribution in [2.45, 2.75) is 32.9 Å². The van der Waals surface area contributed by atoms with E-state index in [9.17, 15) is 4.79 Å². The molecule has 2 rings (SSSR count). The van der Waals surface area contributed by atoms with Crippen molar-refractivity contribution < 1.29 is 4.79 Å². The molecule has 1 aromatic rings. The van der Waals surface area contributed by atoms with Gasteiger partial charge in [0.25, 0.3) is 0 Å². The number of piperazine rings is 1. The molecule has 1 saturated heterocycles. The topological polar surface area (TPSA) is 44.4 Å². The van der Waals surface area contributed by atoms with Gasteiger partial charge in [-0.05, 0) is 44.5 Å². The Morgan fingerprint density at radius 1 is 1.40 bits per heavy atom. The largest absolute Gasteiger partial charge is 0.360 e. The average molecular weight is 296 g/mol. The second-order valence-electron chi connectivity index (χ2n) is 6.15. The predicted octanol–water partition coefficient (Wildman–Crippen LogP) is 2.16. The Kier molecular flexibility index (Phi) is 4.55. The van der Waals surface area contributed by atoms with E-state index >= 15 is 0 Å². The maximum atomic E-state index is 11.5. The van der Waals surface area contributed by atoms with E-state index in [1.54, 1.807) is 0 Å². The summed E-state index contributed by atoms with van der Waals surface area (Å²) in [5, 5.41) is 7.04. The van der Waals surface area contributed by atoms with Gasteiger partial charge in [0.2, 0.25) is 5.91 Å². The van der Waals surface area contributed by atoms with Gasteiger partial charge in [-0.15, -0.1) is 0 Å². The second-order valence-corrected chi connectivity index (χ2v) is 6.58. The molecular formula is C15H22ClN3O. The number of carbonyl (C=O) groups excluding carboxylic acids is 1. The van der Waals surface area contributed by atoms with E-state index in [4.69, 9.17) is 11.6 Å². The lowest BCUT2D eigenvalue weighted by Gasteiger charge is -2.31. The number of halogens is 1. The Hall–Kier alpha value is -1.26. The van der Waals surface area contributed by atoms with Gasteiger partial charge in [-0.25, -0.2) is 0 Å². The van der Waals surface area contributed by atoms with Crippen LogP contribution in [0.2, 0.25) is 5.02 Å². The molecule has 0 radical (unpaired) electrons. The van der Waals surface area contributed by atoms with Crippen molar-refractivity contribution >= 4 is 23.2 Å². The van der Waals surface area contributed by atoms with Crippen molar-refractivity contribution in [2.75, 3.05) is 24.5 Å². The molecule has 0 aliphatic carbocycles. The maximum absolute atomic E-state index is 11.5. The third-order valence-electron chi connectivity index (χ3n) is 3.23. The molecule has 1 amide bonds. The first-order valence-corrected chi connectivity index (χ1v) is 7.28. The molecule has 5 heteroatoms. The molecule has 0 bridgehead atoms. The van der Waals surface area contributed by atoms with Gasteiger partial charge in [0.05, 0.1) is 6.54 Å². The number of nitrogens with one attached hydrogen (secondary N) is 2. The molecule has 0 atom stereocenters. The van der Waals surface area contributed by atoms with E-state index < -0.39 is 0 Å². The zero-order valence-corrected chi connectivity index (χ0v) is 13.0. The van der Waals surface area contributed by atoms with Crippen LogP contribution >= 0.6 is 11.6 Å². The van der Waals surface area contributed by atoms with E-state index in [-0.39, 0.29) is 11.4 Å². The number of amides is 1. The van der Waals surface area contributed by atoms with E-state index in [1.165, 1.54) is 0 Å². The normalized spacial score (nSPS) is 16.2. The Morgan fingerprint density at radius 3 is 2.80 bits per heavy atom. The number of anilines is 1. The maximum Gasteiger partial charge on any atom is 0.239 e. The lowest BCUT2D eigenvalue weighted by molar-refractivity contribution is -0.120. The van der Waals surface area contributed by atoms with Crippen molar-refractivity contribution in [3.05, 3.63) is 28.8 Å². The van der Waals surface area contributed by atoms with Crippen LogP contribution in [0.5, 0.6) is 0 Å². The predicted molar refractivity (Wildman–Crippen MR) is 83.3 cm³/mol. The highest BCUT2D eigenvalue weighted by Gasteiger charge is 2.19. The molecule has 4 nitrogen and oxygen atoms in total. The van der Waals surface area contributed by atoms with Gasteiger partial charge in [-0.3, -0.25) is 4.79 Å². The summed E-state index contributed by atoms with van der Waals surface area (Å²) in [6, 6.07) is 5.85. The molecule has 0 saturated carbocycles. The Morgan fingerprint density at radius 2 is 2.15 bits per heavy atom. The van der Waals surface area contributed by atoms with Crippen molar-refractivity contribution in [2.24, 2.45) is 0 Å². The number of hydrogen-bond donors (Lipinski definition) is 2. The van der Waals surface area contributed by atoms with Gasteiger partial charge in [0.15, 0.2) is 0 Å². The molecule has 1 heterocycles. The molecular weight excluding hydrogens is 274 g/mol. The van der Waals surface area contributed by atoms with Gasteiger partial charge >= 0.3 is 0 Å². The van der Waals surface area contributed by atoms with Gasteiger partial charge in [-0.2, -0.15) is 0 Å². The minimum Gasteiger partial charge on any atom is -0.360 e. The van der Waals surface area contributed by atoms with E-state index in [1.807, 2.05) is 18.2 Å². The number of carbonyl (C=O) groups is 1. The second kappa shape index (κ2) is 6.02. The van der Waals surface area contributed by atoms with Crippen LogP contribution in [0, 0.1) is 0 Å². The first kappa shape index (κ1) is 15.1. The first-order chi connectivity index (χ1) is 9.35. The summed E-state index contributed by atoms with van der Waals surface area (Å²) in [4.78, 5) is 13.7. The van der Waals surface area contributed by atoms with Crippen LogP contribution in [0.1, 0.15) is 26.3 Å². The van der Waals surface area contributed by atoms with Crippen LogP contribution in [0.4, 0.5) is 5.69 Å². The average Bonchev–Trinajstić information content (AvgIpc) is 2.35. The Bertz CT molecular complexity index is 496. The molecule has 1 aromatic carbocycles. The molecule has 110 valence electrons. The Labute approximate surface area is 125 Å². The molecule has 1 aliphatic rings. The first-order valence-electron chi connectivity index (χ1n) is 6.90. The van der Waals surface area contributed by atoms with Gasteiger partial charge in [0, 0.05) is 35.9 Å². The minimum absolute atomic E-state index is 0.0405. The third kappa shape index (κ3) is 4.12. The van der Waals surface area contributed by atoms with Crippen LogP contribution in [0.3, 0.4) is 0 Å². The summed E-state index contributed by atoms with van der Waals surface area (Å²) in [5.74, 6) is 0.0703. The van der Waals surface area contributed by atoms with Crippen LogP contribution in [-0.2, 0) is 11.3 Å². The molecule has 1 aliphatic heterocycles. The highest BCUT2D eigenvalue weighted by molar-refractivity contribution is 6.30. The minimum atomic E-state index is 0.0405. The van der Waals surface area contributed by atoms with Gasteiger partial charge in [-0.1, -0.05) is 11.6 Å². The quantitative estimate of drug-likeness (QED) is 0.898. The van der Waals surface area contributed by atoms with Gasteiger partial charge in [0.1, 0.15) is 0 Å². The number of benzene rings is 1. The summed E-state index contributed by atoms with van der Waals surface area (Å²) in [6.45, 7) is 9.05. The lowest BCUT2D eigenvalue weighted by Crippen LogP contribution is -2.48. The smallest absolute Gasteiger partial charge is 0.239 e. The van der Waals surface area contributed by atoms with Crippen molar-refractivity contribution in [1.82, 2.24) is 10.6 Å². The van der Waals surface area contributed by atoms with Crippen molar-refractivity contribution in [3.63, 3.8) is 0 Å². The lowest BCUT2D eigenvalue weighted by atomic mass is 10.1. The standard InChI is InChI=1S/C15H22ClN3O/c1-15(2,3)18-9-11-8-12(16)4-5-13(11)19-7-6-17-14(20)10-19/h4-5,8,18H,6-7,9-10H2,1-3H3,(H,17,20). The van der Waals surface area contributed by atoms with E-state index in [0.717, 1.165) is 29.4 Å².